The molecule has 1 aliphatic rings. The van der Waals surface area contributed by atoms with Gasteiger partial charge in [0.2, 0.25) is 5.43 Å². The fraction of sp³-hybridized carbons (Fsp3) is 0.250. The lowest BCUT2D eigenvalue weighted by molar-refractivity contribution is 0.461. The minimum atomic E-state index is -0.798. The molecule has 0 aliphatic carbocycles. The van der Waals surface area contributed by atoms with Gasteiger partial charge in [-0.1, -0.05) is 32.0 Å². The Morgan fingerprint density at radius 1 is 1.15 bits per heavy atom. The van der Waals surface area contributed by atoms with Gasteiger partial charge in [-0.05, 0) is 17.7 Å². The highest BCUT2D eigenvalue weighted by atomic mass is 16.3. The Morgan fingerprint density at radius 2 is 1.80 bits per heavy atom. The first-order valence-corrected chi connectivity index (χ1v) is 6.43. The maximum atomic E-state index is 11.5. The predicted molar refractivity (Wildman–Crippen MR) is 78.9 cm³/mol. The largest absolute Gasteiger partial charge is 0.504 e. The van der Waals surface area contributed by atoms with Crippen molar-refractivity contribution in [1.29, 1.82) is 0 Å². The zero-order valence-electron chi connectivity index (χ0n) is 11.6. The highest BCUT2D eigenvalue weighted by Gasteiger charge is 2.38. The van der Waals surface area contributed by atoms with E-state index in [1.165, 1.54) is 0 Å². The standard InChI is InChI=1S/C16H15NO3/c1-16(2)10-6-4-5-7-11(10)17(3)12(16)8-9-13(18)15(20)14(9)19/h4-8,18H,1-3H3. The van der Waals surface area contributed by atoms with Crippen LogP contribution in [-0.2, 0) is 5.41 Å². The summed E-state index contributed by atoms with van der Waals surface area (Å²) in [7, 11) is 1.92. The summed E-state index contributed by atoms with van der Waals surface area (Å²) in [5, 5.41) is 9.53. The molecule has 0 fully saturated rings. The maximum Gasteiger partial charge on any atom is 0.268 e. The van der Waals surface area contributed by atoms with Gasteiger partial charge in [-0.15, -0.1) is 0 Å². The molecule has 20 heavy (non-hydrogen) atoms. The molecular formula is C16H15NO3. The fourth-order valence-corrected chi connectivity index (χ4v) is 2.93. The lowest BCUT2D eigenvalue weighted by Crippen LogP contribution is -2.33. The number of nitrogens with zero attached hydrogens (tertiary/aromatic N) is 1. The summed E-state index contributed by atoms with van der Waals surface area (Å²) < 4.78 is 0. The molecule has 0 unspecified atom stereocenters. The summed E-state index contributed by atoms with van der Waals surface area (Å²) in [4.78, 5) is 24.6. The average Bonchev–Trinajstić information content (AvgIpc) is 2.64. The highest BCUT2D eigenvalue weighted by Crippen LogP contribution is 2.47. The molecule has 0 saturated carbocycles. The van der Waals surface area contributed by atoms with Crippen molar-refractivity contribution in [2.45, 2.75) is 19.3 Å². The van der Waals surface area contributed by atoms with Crippen LogP contribution in [0, 0.1) is 0 Å². The van der Waals surface area contributed by atoms with E-state index < -0.39 is 16.6 Å². The number of para-hydroxylation sites is 1. The van der Waals surface area contributed by atoms with Crippen molar-refractivity contribution in [3.8, 4) is 5.75 Å². The molecule has 102 valence electrons. The van der Waals surface area contributed by atoms with E-state index in [9.17, 15) is 14.7 Å². The number of aromatic hydroxyl groups is 1. The van der Waals surface area contributed by atoms with E-state index in [0.29, 0.717) is 0 Å². The van der Waals surface area contributed by atoms with E-state index in [2.05, 4.69) is 19.9 Å². The zero-order valence-corrected chi connectivity index (χ0v) is 11.6. The second kappa shape index (κ2) is 3.82. The molecule has 0 saturated heterocycles. The van der Waals surface area contributed by atoms with Gasteiger partial charge in [0.1, 0.15) is 0 Å². The monoisotopic (exact) mass is 269 g/mol. The predicted octanol–water partition coefficient (Wildman–Crippen LogP) is 1.76. The van der Waals surface area contributed by atoms with Crippen LogP contribution in [0.1, 0.15) is 25.0 Å². The number of allylic oxidation sites excluding steroid dienone is 1. The topological polar surface area (TPSA) is 57.6 Å². The molecule has 3 rings (SSSR count). The molecule has 4 heteroatoms. The molecule has 2 aromatic rings. The van der Waals surface area contributed by atoms with Gasteiger partial charge in [0.05, 0.1) is 5.56 Å². The highest BCUT2D eigenvalue weighted by molar-refractivity contribution is 5.77. The van der Waals surface area contributed by atoms with Crippen LogP contribution >= 0.6 is 0 Å². The van der Waals surface area contributed by atoms with Crippen LogP contribution in [0.25, 0.3) is 6.08 Å². The van der Waals surface area contributed by atoms with E-state index in [-0.39, 0.29) is 11.0 Å². The molecule has 0 radical (unpaired) electrons. The van der Waals surface area contributed by atoms with Gasteiger partial charge in [-0.25, -0.2) is 0 Å². The Bertz CT molecular complexity index is 807. The third kappa shape index (κ3) is 1.42. The first-order valence-electron chi connectivity index (χ1n) is 6.43. The molecule has 0 spiro atoms. The van der Waals surface area contributed by atoms with Crippen molar-refractivity contribution in [3.05, 3.63) is 61.5 Å². The summed E-state index contributed by atoms with van der Waals surface area (Å²) >= 11 is 0. The molecule has 0 amide bonds. The lowest BCUT2D eigenvalue weighted by atomic mass is 9.83. The Kier molecular flexibility index (Phi) is 2.42. The zero-order chi connectivity index (χ0) is 14.7. The number of likely N-dealkylation sites (N-methyl/N-ethyl adjacent to an activating group) is 1. The van der Waals surface area contributed by atoms with Gasteiger partial charge in [0.25, 0.3) is 5.43 Å². The van der Waals surface area contributed by atoms with E-state index in [1.54, 1.807) is 6.08 Å². The quantitative estimate of drug-likeness (QED) is 0.801. The summed E-state index contributed by atoms with van der Waals surface area (Å²) in [6, 6.07) is 8.00. The Labute approximate surface area is 116 Å². The number of rotatable bonds is 1. The molecule has 4 nitrogen and oxygen atoms in total. The second-order valence-electron chi connectivity index (χ2n) is 5.65. The molecule has 0 aromatic heterocycles. The Morgan fingerprint density at radius 3 is 2.40 bits per heavy atom. The lowest BCUT2D eigenvalue weighted by Gasteiger charge is -2.24. The maximum absolute atomic E-state index is 11.5. The minimum absolute atomic E-state index is 0.109. The Hall–Kier alpha value is -2.36. The van der Waals surface area contributed by atoms with E-state index in [1.807, 2.05) is 30.1 Å². The third-order valence-corrected chi connectivity index (χ3v) is 4.14. The van der Waals surface area contributed by atoms with Crippen molar-refractivity contribution in [3.63, 3.8) is 0 Å². The molecule has 0 bridgehead atoms. The van der Waals surface area contributed by atoms with Crippen molar-refractivity contribution in [2.24, 2.45) is 0 Å². The second-order valence-corrected chi connectivity index (χ2v) is 5.65. The van der Waals surface area contributed by atoms with Gasteiger partial charge < -0.3 is 10.0 Å². The molecule has 2 aromatic carbocycles. The molecule has 1 N–H and O–H groups in total. The van der Waals surface area contributed by atoms with Gasteiger partial charge >= 0.3 is 0 Å². The van der Waals surface area contributed by atoms with E-state index in [4.69, 9.17) is 0 Å². The van der Waals surface area contributed by atoms with Crippen LogP contribution in [0.5, 0.6) is 5.75 Å². The number of fused-ring (bicyclic) bond motifs is 1. The van der Waals surface area contributed by atoms with Gasteiger partial charge in [-0.2, -0.15) is 0 Å². The van der Waals surface area contributed by atoms with Crippen molar-refractivity contribution < 1.29 is 5.11 Å². The third-order valence-electron chi connectivity index (χ3n) is 4.14. The normalized spacial score (nSPS) is 18.8. The molecule has 0 atom stereocenters. The van der Waals surface area contributed by atoms with Crippen LogP contribution in [0.15, 0.2) is 39.6 Å². The summed E-state index contributed by atoms with van der Waals surface area (Å²) in [6.45, 7) is 4.12. The van der Waals surface area contributed by atoms with E-state index in [0.717, 1.165) is 16.9 Å². The molecular weight excluding hydrogens is 254 g/mol. The number of hydrogen-bond donors (Lipinski definition) is 1. The van der Waals surface area contributed by atoms with Crippen molar-refractivity contribution in [2.75, 3.05) is 11.9 Å². The first-order chi connectivity index (χ1) is 9.35. The van der Waals surface area contributed by atoms with Gasteiger partial charge in [0, 0.05) is 23.8 Å². The smallest absolute Gasteiger partial charge is 0.268 e. The van der Waals surface area contributed by atoms with Gasteiger partial charge in [-0.3, -0.25) is 9.59 Å². The molecule has 1 aliphatic heterocycles. The summed E-state index contributed by atoms with van der Waals surface area (Å²) in [6.07, 6.45) is 1.62. The van der Waals surface area contributed by atoms with Gasteiger partial charge in [0.15, 0.2) is 5.75 Å². The molecule has 1 heterocycles. The first kappa shape index (κ1) is 12.7. The van der Waals surface area contributed by atoms with Crippen LogP contribution in [-0.4, -0.2) is 12.2 Å². The van der Waals surface area contributed by atoms with Crippen LogP contribution in [0.3, 0.4) is 0 Å². The number of anilines is 1. The van der Waals surface area contributed by atoms with Crippen molar-refractivity contribution in [1.82, 2.24) is 0 Å². The van der Waals surface area contributed by atoms with Crippen LogP contribution in [0.4, 0.5) is 5.69 Å². The number of benzene rings is 1. The minimum Gasteiger partial charge on any atom is -0.504 e. The number of hydrogen-bond acceptors (Lipinski definition) is 4. The van der Waals surface area contributed by atoms with Crippen molar-refractivity contribution >= 4 is 11.8 Å². The van der Waals surface area contributed by atoms with Crippen LogP contribution in [0.2, 0.25) is 0 Å². The fourth-order valence-electron chi connectivity index (χ4n) is 2.93. The van der Waals surface area contributed by atoms with E-state index >= 15 is 0 Å². The summed E-state index contributed by atoms with van der Waals surface area (Å²) in [5.74, 6) is -0.428. The average molecular weight is 269 g/mol. The Balaban J connectivity index is 2.18. The van der Waals surface area contributed by atoms with Crippen LogP contribution < -0.4 is 15.8 Å². The summed E-state index contributed by atoms with van der Waals surface area (Å²) in [5.41, 5.74) is 1.54. The SMILES string of the molecule is CN1C(=Cc2c(O)c(=O)c2=O)C(C)(C)c2ccccc21.